The number of hydrogen-bond acceptors (Lipinski definition) is 2. The van der Waals surface area contributed by atoms with Crippen molar-refractivity contribution in [1.29, 1.82) is 0 Å². The monoisotopic (exact) mass is 412 g/mol. The van der Waals surface area contributed by atoms with Gasteiger partial charge in [0.05, 0.1) is 0 Å². The Hall–Kier alpha value is 0.149. The van der Waals surface area contributed by atoms with Gasteiger partial charge < -0.3 is 0 Å². The number of fused-ring (bicyclic) bond motifs is 5. The van der Waals surface area contributed by atoms with Crippen LogP contribution in [0, 0.1) is 34.5 Å². The first kappa shape index (κ1) is 18.5. The third-order valence-electron chi connectivity index (χ3n) is 9.35. The standard InChI is InChI=1S/C22H36O2Se/c1-4-25-14-22(24)12-9-19-17-6-5-15-13-16(23)7-10-20(15,2)18(17)8-11-21(19,22)3/h15,17-19,24H,4-14H2,1-3H3/t15?,17?,18?,19?,20-,21-,22+/m0/s1. The van der Waals surface area contributed by atoms with E-state index in [1.807, 2.05) is 0 Å². The predicted molar refractivity (Wildman–Crippen MR) is 103 cm³/mol. The first-order valence-electron chi connectivity index (χ1n) is 10.7. The Morgan fingerprint density at radius 3 is 2.60 bits per heavy atom. The van der Waals surface area contributed by atoms with Gasteiger partial charge >= 0.3 is 160 Å². The maximum atomic E-state index is 12.0. The first-order valence-corrected chi connectivity index (χ1v) is 13.1. The van der Waals surface area contributed by atoms with Crippen molar-refractivity contribution in [3.8, 4) is 0 Å². The fourth-order valence-electron chi connectivity index (χ4n) is 7.66. The minimum atomic E-state index is -0.390. The van der Waals surface area contributed by atoms with Gasteiger partial charge in [-0.1, -0.05) is 0 Å². The first-order chi connectivity index (χ1) is 11.8. The molecule has 4 aliphatic carbocycles. The number of ketones is 1. The Bertz CT molecular complexity index is 548. The van der Waals surface area contributed by atoms with Crippen LogP contribution in [0.2, 0.25) is 10.6 Å². The van der Waals surface area contributed by atoms with Crippen molar-refractivity contribution in [2.75, 3.05) is 0 Å². The van der Waals surface area contributed by atoms with Crippen LogP contribution in [0.3, 0.4) is 0 Å². The molecule has 0 saturated heterocycles. The molecule has 0 spiro atoms. The van der Waals surface area contributed by atoms with Gasteiger partial charge in [-0.25, -0.2) is 0 Å². The molecule has 4 unspecified atom stereocenters. The molecule has 4 fully saturated rings. The number of carbonyl (C=O) groups excluding carboxylic acids is 1. The zero-order valence-electron chi connectivity index (χ0n) is 16.4. The maximum absolute atomic E-state index is 12.0. The van der Waals surface area contributed by atoms with Crippen molar-refractivity contribution < 1.29 is 9.90 Å². The van der Waals surface area contributed by atoms with Gasteiger partial charge in [0.15, 0.2) is 0 Å². The molecule has 0 aromatic carbocycles. The number of aliphatic hydroxyl groups is 1. The van der Waals surface area contributed by atoms with E-state index in [9.17, 15) is 9.90 Å². The van der Waals surface area contributed by atoms with Gasteiger partial charge in [-0.05, 0) is 0 Å². The van der Waals surface area contributed by atoms with Crippen molar-refractivity contribution in [3.63, 3.8) is 0 Å². The van der Waals surface area contributed by atoms with E-state index in [0.717, 1.165) is 48.8 Å². The minimum absolute atomic E-state index is 0.152. The van der Waals surface area contributed by atoms with Crippen LogP contribution in [0.1, 0.15) is 78.6 Å². The average Bonchev–Trinajstić information content (AvgIpc) is 2.85. The van der Waals surface area contributed by atoms with Gasteiger partial charge in [0.2, 0.25) is 0 Å². The number of rotatable bonds is 3. The van der Waals surface area contributed by atoms with Crippen LogP contribution in [0.15, 0.2) is 0 Å². The fourth-order valence-corrected chi connectivity index (χ4v) is 9.79. The molecule has 0 bridgehead atoms. The van der Waals surface area contributed by atoms with E-state index in [1.54, 1.807) is 0 Å². The van der Waals surface area contributed by atoms with Crippen LogP contribution in [0.4, 0.5) is 0 Å². The molecule has 0 aromatic rings. The van der Waals surface area contributed by atoms with Gasteiger partial charge in [0.25, 0.3) is 0 Å². The van der Waals surface area contributed by atoms with E-state index in [0.29, 0.717) is 32.1 Å². The second kappa shape index (κ2) is 6.35. The zero-order valence-corrected chi connectivity index (χ0v) is 18.1. The van der Waals surface area contributed by atoms with Crippen LogP contribution >= 0.6 is 0 Å². The quantitative estimate of drug-likeness (QED) is 0.672. The molecule has 3 heteroatoms. The molecule has 0 aromatic heterocycles. The van der Waals surface area contributed by atoms with Crippen LogP contribution in [0.5, 0.6) is 0 Å². The Balaban J connectivity index is 1.59. The summed E-state index contributed by atoms with van der Waals surface area (Å²) in [6.45, 7) is 7.22. The van der Waals surface area contributed by atoms with Crippen molar-refractivity contribution in [2.24, 2.45) is 34.5 Å². The number of carbonyl (C=O) groups is 1. The Morgan fingerprint density at radius 2 is 1.84 bits per heavy atom. The second-order valence-corrected chi connectivity index (χ2v) is 12.7. The molecule has 0 heterocycles. The van der Waals surface area contributed by atoms with Crippen molar-refractivity contribution >= 4 is 20.7 Å². The van der Waals surface area contributed by atoms with E-state index < -0.39 is 0 Å². The summed E-state index contributed by atoms with van der Waals surface area (Å²) in [6, 6.07) is 0. The molecule has 1 N–H and O–H groups in total. The Morgan fingerprint density at radius 1 is 1.08 bits per heavy atom. The van der Waals surface area contributed by atoms with E-state index >= 15 is 0 Å². The molecule has 7 atom stereocenters. The normalized spacial score (nSPS) is 52.4. The van der Waals surface area contributed by atoms with Crippen LogP contribution in [-0.4, -0.2) is 31.4 Å². The third kappa shape index (κ3) is 2.63. The van der Waals surface area contributed by atoms with Crippen molar-refractivity contribution in [1.82, 2.24) is 0 Å². The predicted octanol–water partition coefficient (Wildman–Crippen LogP) is 4.89. The SMILES string of the molecule is CC[Se]C[C@]1(O)CCC2C3CCC4CC(=O)CC[C@]4(C)C3CC[C@@]21C. The van der Waals surface area contributed by atoms with Gasteiger partial charge in [-0.2, -0.15) is 0 Å². The Kier molecular flexibility index (Phi) is 4.70. The topological polar surface area (TPSA) is 37.3 Å². The molecular weight excluding hydrogens is 375 g/mol. The molecule has 142 valence electrons. The third-order valence-corrected chi connectivity index (χ3v) is 11.6. The summed E-state index contributed by atoms with van der Waals surface area (Å²) in [5.41, 5.74) is 0.157. The van der Waals surface area contributed by atoms with Crippen LogP contribution in [-0.2, 0) is 4.79 Å². The molecule has 4 saturated carbocycles. The molecule has 0 amide bonds. The molecule has 4 aliphatic rings. The summed E-state index contributed by atoms with van der Waals surface area (Å²) in [6.07, 6.45) is 10.2. The fraction of sp³-hybridized carbons (Fsp3) is 0.955. The van der Waals surface area contributed by atoms with E-state index in [4.69, 9.17) is 0 Å². The van der Waals surface area contributed by atoms with E-state index in [-0.39, 0.29) is 11.0 Å². The van der Waals surface area contributed by atoms with Gasteiger partial charge in [-0.3, -0.25) is 0 Å². The average molecular weight is 411 g/mol. The van der Waals surface area contributed by atoms with E-state index in [1.165, 1.54) is 37.4 Å². The number of Topliss-reactive ketones (excluding diaryl/α,β-unsaturated/α-hetero) is 1. The van der Waals surface area contributed by atoms with E-state index in [2.05, 4.69) is 20.8 Å². The van der Waals surface area contributed by atoms with Gasteiger partial charge in [0, 0.05) is 0 Å². The number of hydrogen-bond donors (Lipinski definition) is 1. The molecule has 4 rings (SSSR count). The molecule has 25 heavy (non-hydrogen) atoms. The summed E-state index contributed by atoms with van der Waals surface area (Å²) >= 11 is 0.594. The summed E-state index contributed by atoms with van der Waals surface area (Å²) < 4.78 is 0. The summed E-state index contributed by atoms with van der Waals surface area (Å²) in [7, 11) is 0. The van der Waals surface area contributed by atoms with Crippen LogP contribution in [0.25, 0.3) is 0 Å². The summed E-state index contributed by atoms with van der Waals surface area (Å²) in [5, 5.41) is 13.9. The van der Waals surface area contributed by atoms with Crippen molar-refractivity contribution in [2.45, 2.75) is 94.8 Å². The second-order valence-electron chi connectivity index (χ2n) is 10.1. The molecule has 0 radical (unpaired) electrons. The van der Waals surface area contributed by atoms with Gasteiger partial charge in [0.1, 0.15) is 0 Å². The Labute approximate surface area is 160 Å². The summed E-state index contributed by atoms with van der Waals surface area (Å²) in [5.74, 6) is 3.48. The molecule has 2 nitrogen and oxygen atoms in total. The zero-order chi connectivity index (χ0) is 17.9. The van der Waals surface area contributed by atoms with Gasteiger partial charge in [-0.15, -0.1) is 0 Å². The van der Waals surface area contributed by atoms with Crippen molar-refractivity contribution in [3.05, 3.63) is 0 Å². The van der Waals surface area contributed by atoms with Crippen LogP contribution < -0.4 is 0 Å². The summed E-state index contributed by atoms with van der Waals surface area (Å²) in [4.78, 5) is 12.0. The molecular formula is C22H36O2Se. The molecule has 0 aliphatic heterocycles.